The zero-order valence-corrected chi connectivity index (χ0v) is 14.2. The molecule has 4 rings (SSSR count). The van der Waals surface area contributed by atoms with E-state index in [1.165, 1.54) is 0 Å². The van der Waals surface area contributed by atoms with Gasteiger partial charge < -0.3 is 29.2 Å². The van der Waals surface area contributed by atoms with E-state index in [2.05, 4.69) is 32.6 Å². The Hall–Kier alpha value is -1.21. The number of rotatable bonds is 1. The maximum atomic E-state index is 12.1. The standard InChI is InChI=1S/C13H15IN4O5/c14-6-2-18(11-10(6)12(19)17-13(15)16-11)9-1-7-8(23-9)3-20-4-21-5-22-7/h2,7-9H,1,3-5H2,(H3,15,16,17,19)/t7?,8-,9-/m1/s1. The molecule has 1 unspecified atom stereocenters. The summed E-state index contributed by atoms with van der Waals surface area (Å²) in [4.78, 5) is 18.9. The fourth-order valence-electron chi connectivity index (χ4n) is 2.94. The second kappa shape index (κ2) is 6.02. The Kier molecular flexibility index (Phi) is 4.01. The van der Waals surface area contributed by atoms with E-state index in [-0.39, 0.29) is 43.5 Å². The third kappa shape index (κ3) is 2.74. The molecule has 10 heteroatoms. The molecular formula is C13H15IN4O5. The fraction of sp³-hybridized carbons (Fsp3) is 0.538. The number of nitrogens with zero attached hydrogens (tertiary/aromatic N) is 2. The summed E-state index contributed by atoms with van der Waals surface area (Å²) >= 11 is 2.10. The average molecular weight is 434 g/mol. The summed E-state index contributed by atoms with van der Waals surface area (Å²) in [5, 5.41) is 0.508. The Morgan fingerprint density at radius 1 is 1.35 bits per heavy atom. The van der Waals surface area contributed by atoms with Gasteiger partial charge in [-0.1, -0.05) is 0 Å². The number of ether oxygens (including phenoxy) is 4. The van der Waals surface area contributed by atoms with E-state index in [0.29, 0.717) is 24.1 Å². The molecule has 2 saturated heterocycles. The van der Waals surface area contributed by atoms with Crippen LogP contribution in [-0.2, 0) is 18.9 Å². The molecule has 4 heterocycles. The first kappa shape index (κ1) is 15.3. The number of nitrogen functional groups attached to an aromatic ring is 1. The molecule has 0 spiro atoms. The van der Waals surface area contributed by atoms with Gasteiger partial charge in [0, 0.05) is 16.2 Å². The molecule has 2 aliphatic heterocycles. The number of aromatic amines is 1. The second-order valence-electron chi connectivity index (χ2n) is 5.41. The number of anilines is 1. The van der Waals surface area contributed by atoms with Gasteiger partial charge in [0.05, 0.1) is 18.1 Å². The zero-order chi connectivity index (χ0) is 16.0. The van der Waals surface area contributed by atoms with Crippen LogP contribution in [0.4, 0.5) is 5.95 Å². The van der Waals surface area contributed by atoms with Crippen molar-refractivity contribution < 1.29 is 18.9 Å². The third-order valence-electron chi connectivity index (χ3n) is 3.96. The third-order valence-corrected chi connectivity index (χ3v) is 4.78. The number of H-pyrrole nitrogens is 1. The summed E-state index contributed by atoms with van der Waals surface area (Å²) in [6, 6.07) is 0. The molecule has 0 aromatic carbocycles. The highest BCUT2D eigenvalue weighted by atomic mass is 127. The summed E-state index contributed by atoms with van der Waals surface area (Å²) in [7, 11) is 0. The van der Waals surface area contributed by atoms with Gasteiger partial charge in [-0.05, 0) is 22.6 Å². The lowest BCUT2D eigenvalue weighted by molar-refractivity contribution is -0.200. The molecule has 0 bridgehead atoms. The minimum atomic E-state index is -0.300. The van der Waals surface area contributed by atoms with E-state index in [1.54, 1.807) is 0 Å². The number of halogens is 1. The van der Waals surface area contributed by atoms with Gasteiger partial charge in [0.15, 0.2) is 5.65 Å². The topological polar surface area (TPSA) is 114 Å². The Labute approximate surface area is 144 Å². The monoisotopic (exact) mass is 434 g/mol. The summed E-state index contributed by atoms with van der Waals surface area (Å²) in [5.41, 5.74) is 5.93. The Bertz CT molecular complexity index is 774. The van der Waals surface area contributed by atoms with Crippen molar-refractivity contribution in [3.05, 3.63) is 20.1 Å². The van der Waals surface area contributed by atoms with E-state index in [0.717, 1.165) is 3.57 Å². The van der Waals surface area contributed by atoms with E-state index in [4.69, 9.17) is 24.7 Å². The maximum absolute atomic E-state index is 12.1. The molecule has 9 nitrogen and oxygen atoms in total. The lowest BCUT2D eigenvalue weighted by Crippen LogP contribution is -2.32. The summed E-state index contributed by atoms with van der Waals surface area (Å²) in [6.45, 7) is 0.759. The molecule has 2 aliphatic rings. The van der Waals surface area contributed by atoms with E-state index < -0.39 is 0 Å². The summed E-state index contributed by atoms with van der Waals surface area (Å²) < 4.78 is 24.9. The number of fused-ring (bicyclic) bond motifs is 2. The van der Waals surface area contributed by atoms with Gasteiger partial charge in [-0.25, -0.2) is 0 Å². The van der Waals surface area contributed by atoms with Crippen molar-refractivity contribution in [2.45, 2.75) is 24.9 Å². The lowest BCUT2D eigenvalue weighted by atomic mass is 10.2. The summed E-state index contributed by atoms with van der Waals surface area (Å²) in [6.07, 6.45) is 1.85. The number of hydrogen-bond donors (Lipinski definition) is 2. The van der Waals surface area contributed by atoms with Crippen molar-refractivity contribution in [3.8, 4) is 0 Å². The van der Waals surface area contributed by atoms with Gasteiger partial charge >= 0.3 is 0 Å². The first-order valence-electron chi connectivity index (χ1n) is 7.12. The van der Waals surface area contributed by atoms with Crippen molar-refractivity contribution in [1.82, 2.24) is 14.5 Å². The van der Waals surface area contributed by atoms with Crippen LogP contribution >= 0.6 is 22.6 Å². The molecular weight excluding hydrogens is 419 g/mol. The van der Waals surface area contributed by atoms with Crippen molar-refractivity contribution >= 4 is 39.6 Å². The van der Waals surface area contributed by atoms with Crippen LogP contribution in [-0.4, -0.2) is 46.9 Å². The Morgan fingerprint density at radius 2 is 2.22 bits per heavy atom. The highest BCUT2D eigenvalue weighted by Crippen LogP contribution is 2.34. The predicted octanol–water partition coefficient (Wildman–Crippen LogP) is 0.546. The van der Waals surface area contributed by atoms with Crippen LogP contribution in [0.1, 0.15) is 12.6 Å². The molecule has 23 heavy (non-hydrogen) atoms. The molecule has 2 fully saturated rings. The van der Waals surface area contributed by atoms with Crippen molar-refractivity contribution in [3.63, 3.8) is 0 Å². The van der Waals surface area contributed by atoms with Crippen LogP contribution in [0.3, 0.4) is 0 Å². The zero-order valence-electron chi connectivity index (χ0n) is 12.0. The number of nitrogens with one attached hydrogen (secondary N) is 1. The predicted molar refractivity (Wildman–Crippen MR) is 87.7 cm³/mol. The first-order chi connectivity index (χ1) is 11.1. The molecule has 2 aromatic heterocycles. The highest BCUT2D eigenvalue weighted by molar-refractivity contribution is 14.1. The SMILES string of the molecule is Nc1nc2c(c(I)cn2[C@H]2CC3OCOCOC[C@H]3O2)c(=O)[nH]1. The normalized spacial score (nSPS) is 28.5. The maximum Gasteiger partial charge on any atom is 0.262 e. The number of hydrogen-bond acceptors (Lipinski definition) is 7. The quantitative estimate of drug-likeness (QED) is 0.631. The Balaban J connectivity index is 1.71. The van der Waals surface area contributed by atoms with Crippen LogP contribution in [0, 0.1) is 3.57 Å². The number of aromatic nitrogens is 3. The fourth-order valence-corrected chi connectivity index (χ4v) is 3.72. The average Bonchev–Trinajstić information content (AvgIpc) is 3.00. The summed E-state index contributed by atoms with van der Waals surface area (Å²) in [5.74, 6) is 0.0789. The Morgan fingerprint density at radius 3 is 3.09 bits per heavy atom. The lowest BCUT2D eigenvalue weighted by Gasteiger charge is -2.21. The van der Waals surface area contributed by atoms with Gasteiger partial charge in [-0.2, -0.15) is 4.98 Å². The van der Waals surface area contributed by atoms with Gasteiger partial charge in [0.2, 0.25) is 5.95 Å². The molecule has 0 radical (unpaired) electrons. The highest BCUT2D eigenvalue weighted by Gasteiger charge is 2.38. The molecule has 124 valence electrons. The largest absolute Gasteiger partial charge is 0.369 e. The van der Waals surface area contributed by atoms with Gasteiger partial charge in [0.1, 0.15) is 25.9 Å². The van der Waals surface area contributed by atoms with Crippen LogP contribution in [0.25, 0.3) is 11.0 Å². The van der Waals surface area contributed by atoms with Crippen molar-refractivity contribution in [1.29, 1.82) is 0 Å². The number of nitrogens with two attached hydrogens (primary N) is 1. The van der Waals surface area contributed by atoms with Crippen molar-refractivity contribution in [2.75, 3.05) is 25.9 Å². The van der Waals surface area contributed by atoms with E-state index >= 15 is 0 Å². The molecule has 0 amide bonds. The van der Waals surface area contributed by atoms with Crippen LogP contribution in [0.5, 0.6) is 0 Å². The van der Waals surface area contributed by atoms with Gasteiger partial charge in [-0.3, -0.25) is 9.78 Å². The van der Waals surface area contributed by atoms with Gasteiger partial charge in [0.25, 0.3) is 5.56 Å². The second-order valence-corrected chi connectivity index (χ2v) is 6.58. The van der Waals surface area contributed by atoms with Crippen LogP contribution in [0.15, 0.2) is 11.0 Å². The molecule has 3 N–H and O–H groups in total. The molecule has 2 aromatic rings. The molecule has 0 saturated carbocycles. The van der Waals surface area contributed by atoms with Crippen molar-refractivity contribution in [2.24, 2.45) is 0 Å². The molecule has 3 atom stereocenters. The first-order valence-corrected chi connectivity index (χ1v) is 8.19. The van der Waals surface area contributed by atoms with E-state index in [9.17, 15) is 4.79 Å². The van der Waals surface area contributed by atoms with E-state index in [1.807, 2.05) is 10.8 Å². The molecule has 0 aliphatic carbocycles. The minimum absolute atomic E-state index is 0.0789. The smallest absolute Gasteiger partial charge is 0.262 e. The van der Waals surface area contributed by atoms with Crippen LogP contribution < -0.4 is 11.3 Å². The van der Waals surface area contributed by atoms with Crippen LogP contribution in [0.2, 0.25) is 0 Å². The van der Waals surface area contributed by atoms with Gasteiger partial charge in [-0.15, -0.1) is 0 Å². The minimum Gasteiger partial charge on any atom is -0.369 e.